The Hall–Kier alpha value is -2.26. The van der Waals surface area contributed by atoms with E-state index in [1.54, 1.807) is 0 Å². The van der Waals surface area contributed by atoms with Crippen molar-refractivity contribution in [3.63, 3.8) is 0 Å². The maximum atomic E-state index is 5.07. The van der Waals surface area contributed by atoms with Gasteiger partial charge in [0.15, 0.2) is 10.2 Å². The maximum Gasteiger partial charge on any atom is 0.185 e. The van der Waals surface area contributed by atoms with Crippen LogP contribution in [0.25, 0.3) is 0 Å². The van der Waals surface area contributed by atoms with Crippen molar-refractivity contribution < 1.29 is 0 Å². The van der Waals surface area contributed by atoms with Crippen molar-refractivity contribution in [2.75, 3.05) is 10.6 Å². The van der Waals surface area contributed by atoms with Crippen LogP contribution in [0.5, 0.6) is 0 Å². The van der Waals surface area contributed by atoms with Crippen molar-refractivity contribution >= 4 is 46.0 Å². The van der Waals surface area contributed by atoms with E-state index in [9.17, 15) is 0 Å². The molecule has 2 aromatic rings. The van der Waals surface area contributed by atoms with Crippen LogP contribution in [0.2, 0.25) is 0 Å². The topological polar surface area (TPSA) is 100 Å². The Morgan fingerprint density at radius 3 is 1.23 bits per heavy atom. The summed E-state index contributed by atoms with van der Waals surface area (Å²) in [5.41, 5.74) is 6.52. The molecular formula is C14H18N6S2. The van der Waals surface area contributed by atoms with E-state index in [0.717, 1.165) is 11.4 Å². The number of hydrogen-bond acceptors (Lipinski definition) is 4. The Morgan fingerprint density at radius 1 is 0.636 bits per heavy atom. The summed E-state index contributed by atoms with van der Waals surface area (Å²) in [5.74, 6) is 10.1. The predicted molar refractivity (Wildman–Crippen MR) is 100.0 cm³/mol. The summed E-state index contributed by atoms with van der Waals surface area (Å²) < 4.78 is 0. The molecule has 0 saturated heterocycles. The summed E-state index contributed by atoms with van der Waals surface area (Å²) in [5, 5.41) is 6.60. The molecule has 0 heterocycles. The average molecular weight is 334 g/mol. The van der Waals surface area contributed by atoms with Gasteiger partial charge in [0, 0.05) is 11.4 Å². The number of benzene rings is 2. The number of thiocarbonyl (C=S) groups is 2. The van der Waals surface area contributed by atoms with Crippen LogP contribution in [0.15, 0.2) is 60.7 Å². The van der Waals surface area contributed by atoms with Gasteiger partial charge in [-0.2, -0.15) is 0 Å². The number of nitrogens with two attached hydrogens (primary N) is 2. The van der Waals surface area contributed by atoms with E-state index in [4.69, 9.17) is 36.1 Å². The third-order valence-electron chi connectivity index (χ3n) is 2.33. The third-order valence-corrected chi connectivity index (χ3v) is 2.77. The second-order valence-electron chi connectivity index (χ2n) is 3.93. The standard InChI is InChI=1S/2C7H9N3S/c2*8-10-7(11)9-6-4-2-1-3-5-6/h2*1-5H,8H2,(H2,9,10,11). The number of hydrogen-bond donors (Lipinski definition) is 6. The van der Waals surface area contributed by atoms with E-state index in [2.05, 4.69) is 21.5 Å². The van der Waals surface area contributed by atoms with E-state index in [1.165, 1.54) is 0 Å². The molecule has 116 valence electrons. The zero-order valence-corrected chi connectivity index (χ0v) is 13.4. The molecule has 0 unspecified atom stereocenters. The highest BCUT2D eigenvalue weighted by Crippen LogP contribution is 2.04. The molecule has 6 nitrogen and oxygen atoms in total. The van der Waals surface area contributed by atoms with Gasteiger partial charge in [0.1, 0.15) is 0 Å². The minimum absolute atomic E-state index is 0.413. The van der Waals surface area contributed by atoms with Gasteiger partial charge < -0.3 is 21.5 Å². The number of anilines is 2. The summed E-state index contributed by atoms with van der Waals surface area (Å²) in [6.07, 6.45) is 0. The average Bonchev–Trinajstić information content (AvgIpc) is 2.57. The van der Waals surface area contributed by atoms with E-state index in [1.807, 2.05) is 60.7 Å². The lowest BCUT2D eigenvalue weighted by molar-refractivity contribution is 1.04. The van der Waals surface area contributed by atoms with E-state index < -0.39 is 0 Å². The monoisotopic (exact) mass is 334 g/mol. The lowest BCUT2D eigenvalue weighted by atomic mass is 10.3. The van der Waals surface area contributed by atoms with Gasteiger partial charge in [-0.15, -0.1) is 0 Å². The summed E-state index contributed by atoms with van der Waals surface area (Å²) in [7, 11) is 0. The van der Waals surface area contributed by atoms with Gasteiger partial charge in [-0.25, -0.2) is 11.7 Å². The molecule has 0 atom stereocenters. The van der Waals surface area contributed by atoms with Gasteiger partial charge in [0.25, 0.3) is 0 Å². The Kier molecular flexibility index (Phi) is 8.46. The van der Waals surface area contributed by atoms with Gasteiger partial charge in [-0.3, -0.25) is 0 Å². The number of para-hydroxylation sites is 2. The summed E-state index contributed by atoms with van der Waals surface area (Å²) >= 11 is 9.58. The smallest absolute Gasteiger partial charge is 0.185 e. The quantitative estimate of drug-likeness (QED) is 0.280. The highest BCUT2D eigenvalue weighted by Gasteiger charge is 1.91. The Morgan fingerprint density at radius 2 is 0.955 bits per heavy atom. The van der Waals surface area contributed by atoms with Crippen LogP contribution >= 0.6 is 24.4 Å². The minimum Gasteiger partial charge on any atom is -0.332 e. The zero-order valence-electron chi connectivity index (χ0n) is 11.7. The molecule has 2 rings (SSSR count). The van der Waals surface area contributed by atoms with E-state index in [0.29, 0.717) is 10.2 Å². The first-order valence-corrected chi connectivity index (χ1v) is 7.12. The molecule has 0 amide bonds. The fourth-order valence-corrected chi connectivity index (χ4v) is 1.61. The molecule has 0 aliphatic heterocycles. The molecule has 0 radical (unpaired) electrons. The summed E-state index contributed by atoms with van der Waals surface area (Å²) in [4.78, 5) is 0. The van der Waals surface area contributed by atoms with Crippen LogP contribution in [0, 0.1) is 0 Å². The van der Waals surface area contributed by atoms with Crippen molar-refractivity contribution in [3.8, 4) is 0 Å². The van der Waals surface area contributed by atoms with Crippen LogP contribution < -0.4 is 33.2 Å². The molecule has 8 N–H and O–H groups in total. The van der Waals surface area contributed by atoms with E-state index >= 15 is 0 Å². The molecule has 0 aromatic heterocycles. The van der Waals surface area contributed by atoms with Crippen LogP contribution in [-0.2, 0) is 0 Å². The van der Waals surface area contributed by atoms with Crippen LogP contribution in [-0.4, -0.2) is 10.2 Å². The summed E-state index contributed by atoms with van der Waals surface area (Å²) in [6, 6.07) is 19.2. The van der Waals surface area contributed by atoms with Crippen molar-refractivity contribution in [2.24, 2.45) is 11.7 Å². The van der Waals surface area contributed by atoms with Gasteiger partial charge >= 0.3 is 0 Å². The Labute approximate surface area is 140 Å². The van der Waals surface area contributed by atoms with Gasteiger partial charge in [0.2, 0.25) is 0 Å². The lowest BCUT2D eigenvalue weighted by Gasteiger charge is -2.04. The SMILES string of the molecule is NNC(=S)Nc1ccccc1.NNC(=S)Nc1ccccc1. The minimum atomic E-state index is 0.413. The van der Waals surface area contributed by atoms with Gasteiger partial charge in [0.05, 0.1) is 0 Å². The van der Waals surface area contributed by atoms with Gasteiger partial charge in [-0.1, -0.05) is 36.4 Å². The normalized spacial score (nSPS) is 8.82. The molecular weight excluding hydrogens is 316 g/mol. The number of rotatable bonds is 2. The lowest BCUT2D eigenvalue weighted by Crippen LogP contribution is -2.34. The van der Waals surface area contributed by atoms with Crippen molar-refractivity contribution in [1.29, 1.82) is 0 Å². The number of hydrazine groups is 2. The van der Waals surface area contributed by atoms with Crippen LogP contribution in [0.1, 0.15) is 0 Å². The highest BCUT2D eigenvalue weighted by molar-refractivity contribution is 7.80. The molecule has 0 spiro atoms. The second kappa shape index (κ2) is 10.5. The third kappa shape index (κ3) is 7.50. The molecule has 0 aliphatic carbocycles. The zero-order chi connectivity index (χ0) is 16.2. The van der Waals surface area contributed by atoms with Crippen molar-refractivity contribution in [3.05, 3.63) is 60.7 Å². The predicted octanol–water partition coefficient (Wildman–Crippen LogP) is 1.69. The molecule has 2 aromatic carbocycles. The van der Waals surface area contributed by atoms with Crippen molar-refractivity contribution in [1.82, 2.24) is 10.9 Å². The molecule has 0 bridgehead atoms. The molecule has 0 aliphatic rings. The summed E-state index contributed by atoms with van der Waals surface area (Å²) in [6.45, 7) is 0. The Balaban J connectivity index is 0.000000220. The van der Waals surface area contributed by atoms with Crippen LogP contribution in [0.4, 0.5) is 11.4 Å². The molecule has 0 saturated carbocycles. The molecule has 8 heteroatoms. The Bertz CT molecular complexity index is 523. The first kappa shape index (κ1) is 17.8. The first-order chi connectivity index (χ1) is 10.7. The number of nitrogens with one attached hydrogen (secondary N) is 4. The fourth-order valence-electron chi connectivity index (χ4n) is 1.38. The maximum absolute atomic E-state index is 5.07. The highest BCUT2D eigenvalue weighted by atomic mass is 32.1. The first-order valence-electron chi connectivity index (χ1n) is 6.31. The van der Waals surface area contributed by atoms with Crippen LogP contribution in [0.3, 0.4) is 0 Å². The molecule has 22 heavy (non-hydrogen) atoms. The fraction of sp³-hybridized carbons (Fsp3) is 0. The molecule has 0 fully saturated rings. The van der Waals surface area contributed by atoms with E-state index in [-0.39, 0.29) is 0 Å². The van der Waals surface area contributed by atoms with Crippen molar-refractivity contribution in [2.45, 2.75) is 0 Å². The largest absolute Gasteiger partial charge is 0.332 e. The van der Waals surface area contributed by atoms with Gasteiger partial charge in [-0.05, 0) is 48.7 Å². The second-order valence-corrected chi connectivity index (χ2v) is 4.75.